The lowest BCUT2D eigenvalue weighted by atomic mass is 9.69. The molecule has 2 aliphatic rings. The maximum Gasteiger partial charge on any atom is 0.343 e. The van der Waals surface area contributed by atoms with Crippen LogP contribution in [0, 0.1) is 18.3 Å². The van der Waals surface area contributed by atoms with E-state index in [1.807, 2.05) is 31.2 Å². The minimum atomic E-state index is -0.389. The topological polar surface area (TPSA) is 67.4 Å². The van der Waals surface area contributed by atoms with Gasteiger partial charge in [0.2, 0.25) is 0 Å². The number of nitrogens with one attached hydrogen (secondary N) is 2. The predicted octanol–water partition coefficient (Wildman–Crippen LogP) is 6.67. The molecular weight excluding hydrogens is 456 g/mol. The third-order valence-corrected chi connectivity index (χ3v) is 8.96. The van der Waals surface area contributed by atoms with Crippen LogP contribution in [-0.2, 0) is 12.8 Å². The predicted molar refractivity (Wildman–Crippen MR) is 140 cm³/mol. The summed E-state index contributed by atoms with van der Waals surface area (Å²) in [7, 11) is 0. The molecule has 0 bridgehead atoms. The third kappa shape index (κ3) is 4.59. The molecule has 0 saturated heterocycles. The molecule has 3 aromatic rings. The Morgan fingerprint density at radius 1 is 1.09 bits per heavy atom. The molecule has 0 spiro atoms. The van der Waals surface area contributed by atoms with Crippen LogP contribution in [0.2, 0.25) is 0 Å². The molecule has 2 atom stereocenters. The molecule has 0 saturated carbocycles. The lowest BCUT2D eigenvalue weighted by molar-refractivity contribution is 0.0734. The van der Waals surface area contributed by atoms with Crippen molar-refractivity contribution in [3.63, 3.8) is 0 Å². The molecule has 0 unspecified atom stereocenters. The molecule has 6 heteroatoms. The number of carbonyl (C=O) groups is 2. The second-order valence-electron chi connectivity index (χ2n) is 10.4. The number of fused-ring (bicyclic) bond motifs is 3. The monoisotopic (exact) mass is 488 g/mol. The van der Waals surface area contributed by atoms with Gasteiger partial charge in [-0.3, -0.25) is 4.79 Å². The first kappa shape index (κ1) is 23.6. The minimum absolute atomic E-state index is 0.00988. The van der Waals surface area contributed by atoms with E-state index in [4.69, 9.17) is 4.74 Å². The van der Waals surface area contributed by atoms with Crippen molar-refractivity contribution in [1.29, 1.82) is 0 Å². The van der Waals surface area contributed by atoms with Gasteiger partial charge in [0, 0.05) is 4.88 Å². The Hall–Kier alpha value is -3.12. The van der Waals surface area contributed by atoms with E-state index in [9.17, 15) is 9.59 Å². The maximum atomic E-state index is 13.1. The van der Waals surface area contributed by atoms with Crippen LogP contribution in [0.5, 0.6) is 5.75 Å². The maximum absolute atomic E-state index is 13.1. The first-order valence-corrected chi connectivity index (χ1v) is 13.2. The van der Waals surface area contributed by atoms with E-state index >= 15 is 0 Å². The number of thiophene rings is 1. The van der Waals surface area contributed by atoms with Crippen molar-refractivity contribution in [1.82, 2.24) is 5.32 Å². The zero-order chi connectivity index (χ0) is 24.7. The van der Waals surface area contributed by atoms with E-state index in [0.29, 0.717) is 22.6 Å². The number of hydrogen-bond donors (Lipinski definition) is 2. The number of esters is 1. The highest BCUT2D eigenvalue weighted by atomic mass is 32.1. The van der Waals surface area contributed by atoms with Crippen molar-refractivity contribution in [2.45, 2.75) is 59.5 Å². The van der Waals surface area contributed by atoms with Gasteiger partial charge >= 0.3 is 5.97 Å². The smallest absolute Gasteiger partial charge is 0.343 e. The Balaban J connectivity index is 1.30. The molecule has 1 amide bonds. The number of benzene rings is 2. The molecule has 0 fully saturated rings. The van der Waals surface area contributed by atoms with Gasteiger partial charge in [-0.2, -0.15) is 0 Å². The second kappa shape index (κ2) is 9.15. The Morgan fingerprint density at radius 3 is 2.49 bits per heavy atom. The molecule has 35 heavy (non-hydrogen) atoms. The van der Waals surface area contributed by atoms with Crippen molar-refractivity contribution in [3.8, 4) is 5.75 Å². The Labute approximate surface area is 210 Å². The fraction of sp³-hybridized carbons (Fsp3) is 0.379. The van der Waals surface area contributed by atoms with Crippen LogP contribution in [0.15, 0.2) is 48.5 Å². The van der Waals surface area contributed by atoms with Crippen molar-refractivity contribution in [2.75, 3.05) is 5.32 Å². The van der Waals surface area contributed by atoms with E-state index in [1.54, 1.807) is 35.6 Å². The molecule has 5 nitrogen and oxygen atoms in total. The van der Waals surface area contributed by atoms with Crippen molar-refractivity contribution in [2.24, 2.45) is 11.3 Å². The van der Waals surface area contributed by atoms with Crippen LogP contribution < -0.4 is 15.4 Å². The van der Waals surface area contributed by atoms with Crippen molar-refractivity contribution < 1.29 is 14.3 Å². The SMILES string of the molecule is CCC(C)(C)[C@@H]1CCc2c(sc3c2C(=O)N[C@@H](c2ccc(OC(=O)c4ccc(C)cc4)cc2)N3)C1. The van der Waals surface area contributed by atoms with Gasteiger partial charge < -0.3 is 15.4 Å². The van der Waals surface area contributed by atoms with E-state index in [-0.39, 0.29) is 18.0 Å². The molecule has 182 valence electrons. The zero-order valence-corrected chi connectivity index (χ0v) is 21.6. The first-order chi connectivity index (χ1) is 16.7. The summed E-state index contributed by atoms with van der Waals surface area (Å²) in [4.78, 5) is 26.9. The summed E-state index contributed by atoms with van der Waals surface area (Å²) < 4.78 is 5.52. The largest absolute Gasteiger partial charge is 0.423 e. The number of anilines is 1. The van der Waals surface area contributed by atoms with Gasteiger partial charge in [0.05, 0.1) is 11.1 Å². The Morgan fingerprint density at radius 2 is 1.80 bits per heavy atom. The summed E-state index contributed by atoms with van der Waals surface area (Å²) in [5, 5.41) is 7.62. The van der Waals surface area contributed by atoms with Gasteiger partial charge in [-0.15, -0.1) is 11.3 Å². The van der Waals surface area contributed by atoms with Gasteiger partial charge in [-0.25, -0.2) is 4.79 Å². The number of carbonyl (C=O) groups excluding carboxylic acids is 2. The molecule has 1 aliphatic carbocycles. The Bertz CT molecular complexity index is 1260. The summed E-state index contributed by atoms with van der Waals surface area (Å²) in [6, 6.07) is 14.6. The van der Waals surface area contributed by atoms with Crippen LogP contribution in [0.25, 0.3) is 0 Å². The van der Waals surface area contributed by atoms with Crippen molar-refractivity contribution >= 4 is 28.2 Å². The quantitative estimate of drug-likeness (QED) is 0.311. The van der Waals surface area contributed by atoms with Gasteiger partial charge in [-0.1, -0.05) is 57.0 Å². The summed E-state index contributed by atoms with van der Waals surface area (Å²) in [5.41, 5.74) is 4.89. The highest BCUT2D eigenvalue weighted by Gasteiger charge is 2.37. The van der Waals surface area contributed by atoms with Crippen LogP contribution in [0.1, 0.15) is 82.1 Å². The van der Waals surface area contributed by atoms with E-state index in [1.165, 1.54) is 10.4 Å². The van der Waals surface area contributed by atoms with Crippen molar-refractivity contribution in [3.05, 3.63) is 81.2 Å². The summed E-state index contributed by atoms with van der Waals surface area (Å²) >= 11 is 1.74. The molecule has 1 aliphatic heterocycles. The van der Waals surface area contributed by atoms with Crippen LogP contribution in [0.3, 0.4) is 0 Å². The molecular formula is C29H32N2O3S. The van der Waals surface area contributed by atoms with Crippen LogP contribution >= 0.6 is 11.3 Å². The molecule has 2 heterocycles. The summed E-state index contributed by atoms with van der Waals surface area (Å²) in [6.07, 6.45) is 4.00. The standard InChI is InChI=1S/C29H32N2O3S/c1-5-29(3,4)20-12-15-22-23(16-20)35-27-24(22)26(32)30-25(31-27)18-10-13-21(14-11-18)34-28(33)19-8-6-17(2)7-9-19/h6-11,13-14,20,25,31H,5,12,15-16H2,1-4H3,(H,30,32)/t20-,25-/m1/s1. The normalized spacial score (nSPS) is 19.3. The summed E-state index contributed by atoms with van der Waals surface area (Å²) in [6.45, 7) is 8.96. The van der Waals surface area contributed by atoms with Crippen LogP contribution in [0.4, 0.5) is 5.00 Å². The van der Waals surface area contributed by atoms with E-state index in [0.717, 1.165) is 47.4 Å². The Kier molecular flexibility index (Phi) is 6.18. The number of amides is 1. The van der Waals surface area contributed by atoms with Gasteiger partial charge in [0.15, 0.2) is 0 Å². The molecule has 2 N–H and O–H groups in total. The molecule has 2 aromatic carbocycles. The highest BCUT2D eigenvalue weighted by molar-refractivity contribution is 7.16. The number of aryl methyl sites for hydroxylation is 1. The fourth-order valence-electron chi connectivity index (χ4n) is 5.00. The van der Waals surface area contributed by atoms with Gasteiger partial charge in [-0.05, 0) is 72.9 Å². The zero-order valence-electron chi connectivity index (χ0n) is 20.7. The first-order valence-electron chi connectivity index (χ1n) is 12.4. The second-order valence-corrected chi connectivity index (χ2v) is 11.5. The summed E-state index contributed by atoms with van der Waals surface area (Å²) in [5.74, 6) is 0.719. The van der Waals surface area contributed by atoms with Gasteiger partial charge in [0.25, 0.3) is 5.91 Å². The highest BCUT2D eigenvalue weighted by Crippen LogP contribution is 2.47. The average Bonchev–Trinajstić information content (AvgIpc) is 3.23. The van der Waals surface area contributed by atoms with E-state index < -0.39 is 0 Å². The molecule has 5 rings (SSSR count). The molecule has 0 radical (unpaired) electrons. The number of ether oxygens (including phenoxy) is 1. The minimum Gasteiger partial charge on any atom is -0.423 e. The molecule has 1 aromatic heterocycles. The lowest BCUT2D eigenvalue weighted by Gasteiger charge is -2.36. The number of rotatable bonds is 5. The number of hydrogen-bond acceptors (Lipinski definition) is 5. The fourth-order valence-corrected chi connectivity index (χ4v) is 6.36. The average molecular weight is 489 g/mol. The third-order valence-electron chi connectivity index (χ3n) is 7.77. The van der Waals surface area contributed by atoms with Crippen LogP contribution in [-0.4, -0.2) is 11.9 Å². The van der Waals surface area contributed by atoms with Gasteiger partial charge in [0.1, 0.15) is 16.9 Å². The lowest BCUT2D eigenvalue weighted by Crippen LogP contribution is -2.38. The van der Waals surface area contributed by atoms with E-state index in [2.05, 4.69) is 31.4 Å².